The van der Waals surface area contributed by atoms with E-state index in [1.54, 1.807) is 0 Å². The Labute approximate surface area is 115 Å². The van der Waals surface area contributed by atoms with E-state index < -0.39 is 0 Å². The maximum absolute atomic E-state index is 11.7. The second kappa shape index (κ2) is 7.22. The van der Waals surface area contributed by atoms with Crippen molar-refractivity contribution in [3.63, 3.8) is 0 Å². The van der Waals surface area contributed by atoms with Gasteiger partial charge in [-0.05, 0) is 25.7 Å². The number of nitrogens with one attached hydrogen (secondary N) is 1. The van der Waals surface area contributed by atoms with Crippen molar-refractivity contribution in [2.75, 3.05) is 33.4 Å². The van der Waals surface area contributed by atoms with Gasteiger partial charge in [-0.3, -0.25) is 9.69 Å². The molecule has 5 nitrogen and oxygen atoms in total. The van der Waals surface area contributed by atoms with Crippen LogP contribution in [0, 0.1) is 0 Å². The van der Waals surface area contributed by atoms with Crippen LogP contribution in [-0.2, 0) is 14.3 Å². The van der Waals surface area contributed by atoms with Gasteiger partial charge in [-0.2, -0.15) is 0 Å². The molecule has 0 amide bonds. The molecule has 0 radical (unpaired) electrons. The first-order valence-corrected chi connectivity index (χ1v) is 7.40. The zero-order chi connectivity index (χ0) is 13.7. The lowest BCUT2D eigenvalue weighted by Crippen LogP contribution is -2.46. The molecule has 0 aromatic heterocycles. The molecule has 110 valence electrons. The van der Waals surface area contributed by atoms with Gasteiger partial charge < -0.3 is 14.8 Å². The average molecular weight is 270 g/mol. The first-order valence-electron chi connectivity index (χ1n) is 7.40. The van der Waals surface area contributed by atoms with Crippen molar-refractivity contribution in [2.24, 2.45) is 0 Å². The number of morpholine rings is 1. The summed E-state index contributed by atoms with van der Waals surface area (Å²) in [7, 11) is 1.46. The van der Waals surface area contributed by atoms with Gasteiger partial charge in [-0.25, -0.2) is 0 Å². The number of esters is 1. The monoisotopic (exact) mass is 270 g/mol. The summed E-state index contributed by atoms with van der Waals surface area (Å²) in [6.07, 6.45) is 4.59. The molecule has 1 aliphatic heterocycles. The largest absolute Gasteiger partial charge is 0.468 e. The summed E-state index contributed by atoms with van der Waals surface area (Å²) in [4.78, 5) is 14.1. The number of methoxy groups -OCH3 is 1. The zero-order valence-corrected chi connectivity index (χ0v) is 12.1. The smallest absolute Gasteiger partial charge is 0.322 e. The number of hydrogen-bond acceptors (Lipinski definition) is 5. The topological polar surface area (TPSA) is 50.8 Å². The average Bonchev–Trinajstić information content (AvgIpc) is 3.26. The van der Waals surface area contributed by atoms with E-state index in [0.29, 0.717) is 12.1 Å². The first kappa shape index (κ1) is 14.8. The van der Waals surface area contributed by atoms with E-state index in [-0.39, 0.29) is 12.0 Å². The van der Waals surface area contributed by atoms with E-state index >= 15 is 0 Å². The Morgan fingerprint density at radius 2 is 2.32 bits per heavy atom. The fraction of sp³-hybridized carbons (Fsp3) is 0.929. The van der Waals surface area contributed by atoms with Crippen molar-refractivity contribution in [1.29, 1.82) is 0 Å². The molecule has 2 unspecified atom stereocenters. The van der Waals surface area contributed by atoms with Gasteiger partial charge in [0.2, 0.25) is 0 Å². The first-order chi connectivity index (χ1) is 9.22. The molecule has 5 heteroatoms. The fourth-order valence-electron chi connectivity index (χ4n) is 2.49. The lowest BCUT2D eigenvalue weighted by molar-refractivity contribution is -0.143. The Hall–Kier alpha value is -0.650. The molecule has 0 bridgehead atoms. The minimum absolute atomic E-state index is 0.132. The molecule has 0 spiro atoms. The van der Waals surface area contributed by atoms with Gasteiger partial charge in [0.1, 0.15) is 6.04 Å². The number of carbonyl (C=O) groups excluding carboxylic acids is 1. The second-order valence-corrected chi connectivity index (χ2v) is 5.51. The maximum Gasteiger partial charge on any atom is 0.322 e. The summed E-state index contributed by atoms with van der Waals surface area (Å²) in [5.74, 6) is -0.132. The summed E-state index contributed by atoms with van der Waals surface area (Å²) >= 11 is 0. The molecule has 2 atom stereocenters. The van der Waals surface area contributed by atoms with Gasteiger partial charge in [0.25, 0.3) is 0 Å². The van der Waals surface area contributed by atoms with Crippen LogP contribution < -0.4 is 5.32 Å². The van der Waals surface area contributed by atoms with Gasteiger partial charge in [0, 0.05) is 25.7 Å². The zero-order valence-electron chi connectivity index (χ0n) is 12.1. The van der Waals surface area contributed by atoms with Crippen LogP contribution in [0.3, 0.4) is 0 Å². The van der Waals surface area contributed by atoms with Crippen LogP contribution in [-0.4, -0.2) is 62.4 Å². The Bertz CT molecular complexity index is 294. The van der Waals surface area contributed by atoms with Gasteiger partial charge in [0.05, 0.1) is 19.8 Å². The van der Waals surface area contributed by atoms with Crippen molar-refractivity contribution >= 4 is 5.97 Å². The van der Waals surface area contributed by atoms with Crippen molar-refractivity contribution in [1.82, 2.24) is 10.2 Å². The third-order valence-electron chi connectivity index (χ3n) is 3.91. The Kier molecular flexibility index (Phi) is 5.60. The molecule has 1 saturated heterocycles. The normalized spacial score (nSPS) is 26.1. The van der Waals surface area contributed by atoms with Gasteiger partial charge in [-0.15, -0.1) is 0 Å². The van der Waals surface area contributed by atoms with E-state index in [1.165, 1.54) is 20.0 Å². The van der Waals surface area contributed by atoms with Crippen LogP contribution in [0.2, 0.25) is 0 Å². The van der Waals surface area contributed by atoms with E-state index in [0.717, 1.165) is 39.1 Å². The lowest BCUT2D eigenvalue weighted by Gasteiger charge is -2.33. The predicted molar refractivity (Wildman–Crippen MR) is 73.0 cm³/mol. The number of hydrogen-bond donors (Lipinski definition) is 1. The molecule has 2 aliphatic rings. The Morgan fingerprint density at radius 1 is 1.53 bits per heavy atom. The van der Waals surface area contributed by atoms with E-state index in [1.807, 2.05) is 0 Å². The van der Waals surface area contributed by atoms with E-state index in [4.69, 9.17) is 9.47 Å². The molecule has 0 aromatic rings. The summed E-state index contributed by atoms with van der Waals surface area (Å²) in [5, 5.41) is 3.37. The lowest BCUT2D eigenvalue weighted by atomic mass is 10.1. The number of carbonyl (C=O) groups is 1. The van der Waals surface area contributed by atoms with Crippen LogP contribution >= 0.6 is 0 Å². The van der Waals surface area contributed by atoms with Crippen LogP contribution in [0.15, 0.2) is 0 Å². The predicted octanol–water partition coefficient (Wildman–Crippen LogP) is 0.781. The molecule has 1 N–H and O–H groups in total. The third-order valence-corrected chi connectivity index (χ3v) is 3.91. The van der Waals surface area contributed by atoms with Crippen LogP contribution in [0.25, 0.3) is 0 Å². The molecule has 2 fully saturated rings. The minimum atomic E-state index is -0.152. The molecule has 1 aliphatic carbocycles. The molecular weight excluding hydrogens is 244 g/mol. The standard InChI is InChI=1S/C14H26N2O3/c1-3-12-10-16(8-9-19-12)7-6-13(14(17)18-2)15-11-4-5-11/h11-13,15H,3-10H2,1-2H3. The van der Waals surface area contributed by atoms with Crippen molar-refractivity contribution in [3.05, 3.63) is 0 Å². The number of nitrogens with zero attached hydrogens (tertiary/aromatic N) is 1. The van der Waals surface area contributed by atoms with E-state index in [2.05, 4.69) is 17.1 Å². The molecular formula is C14H26N2O3. The van der Waals surface area contributed by atoms with Crippen LogP contribution in [0.5, 0.6) is 0 Å². The summed E-state index contributed by atoms with van der Waals surface area (Å²) < 4.78 is 10.5. The van der Waals surface area contributed by atoms with Crippen molar-refractivity contribution in [2.45, 2.75) is 50.8 Å². The maximum atomic E-state index is 11.7. The third kappa shape index (κ3) is 4.75. The van der Waals surface area contributed by atoms with Crippen molar-refractivity contribution < 1.29 is 14.3 Å². The highest BCUT2D eigenvalue weighted by molar-refractivity contribution is 5.75. The second-order valence-electron chi connectivity index (χ2n) is 5.51. The van der Waals surface area contributed by atoms with Gasteiger partial charge >= 0.3 is 5.97 Å². The minimum Gasteiger partial charge on any atom is -0.468 e. The number of rotatable bonds is 7. The summed E-state index contributed by atoms with van der Waals surface area (Å²) in [6, 6.07) is 0.373. The fourth-order valence-corrected chi connectivity index (χ4v) is 2.49. The van der Waals surface area contributed by atoms with Gasteiger partial charge in [-0.1, -0.05) is 6.92 Å². The highest BCUT2D eigenvalue weighted by Gasteiger charge is 2.29. The molecule has 2 rings (SSSR count). The van der Waals surface area contributed by atoms with Crippen molar-refractivity contribution in [3.8, 4) is 0 Å². The molecule has 19 heavy (non-hydrogen) atoms. The summed E-state index contributed by atoms with van der Waals surface area (Å²) in [5.41, 5.74) is 0. The van der Waals surface area contributed by atoms with Crippen LogP contribution in [0.1, 0.15) is 32.6 Å². The highest BCUT2D eigenvalue weighted by atomic mass is 16.5. The Balaban J connectivity index is 1.75. The van der Waals surface area contributed by atoms with Gasteiger partial charge in [0.15, 0.2) is 0 Å². The number of ether oxygens (including phenoxy) is 2. The van der Waals surface area contributed by atoms with Crippen LogP contribution in [0.4, 0.5) is 0 Å². The molecule has 1 saturated carbocycles. The summed E-state index contributed by atoms with van der Waals surface area (Å²) in [6.45, 7) is 5.83. The SMILES string of the molecule is CCC1CN(CCC(NC2CC2)C(=O)OC)CCO1. The van der Waals surface area contributed by atoms with E-state index in [9.17, 15) is 4.79 Å². The Morgan fingerprint density at radius 3 is 2.95 bits per heavy atom. The highest BCUT2D eigenvalue weighted by Crippen LogP contribution is 2.20. The molecule has 1 heterocycles. The molecule has 0 aromatic carbocycles. The quantitative estimate of drug-likeness (QED) is 0.693.